The molecule has 0 aliphatic heterocycles. The van der Waals surface area contributed by atoms with Gasteiger partial charge in [-0.05, 0) is 82.4 Å². The van der Waals surface area contributed by atoms with Gasteiger partial charge in [-0.25, -0.2) is 0 Å². The first-order chi connectivity index (χ1) is 28.3. The Morgan fingerprint density at radius 3 is 1.44 bits per heavy atom. The minimum atomic E-state index is 1.16. The van der Waals surface area contributed by atoms with Crippen molar-refractivity contribution in [2.24, 2.45) is 0 Å². The molecule has 12 rings (SSSR count). The highest BCUT2D eigenvalue weighted by Gasteiger charge is 2.22. The van der Waals surface area contributed by atoms with Crippen LogP contribution in [-0.4, -0.2) is 9.13 Å². The van der Waals surface area contributed by atoms with Crippen LogP contribution in [0.5, 0.6) is 0 Å². The van der Waals surface area contributed by atoms with Gasteiger partial charge >= 0.3 is 0 Å². The number of nitrogens with zero attached hydrogens (tertiary/aromatic N) is 2. The van der Waals surface area contributed by atoms with E-state index in [0.717, 1.165) is 11.4 Å². The SMILES string of the molecule is c1ccc(-c2ccc(-c3cc(-n4c5ccccc5c5c(-c6cccc7c6c6ccccc6n7-c6ccccc6)cccc54)cc4c3sc3ccccc34)cc2)cc1. The van der Waals surface area contributed by atoms with Gasteiger partial charge in [-0.2, -0.15) is 0 Å². The molecule has 0 unspecified atom stereocenters. The molecule has 0 saturated heterocycles. The third-order valence-electron chi connectivity index (χ3n) is 11.7. The fraction of sp³-hybridized carbons (Fsp3) is 0. The van der Waals surface area contributed by atoms with Crippen LogP contribution in [0.25, 0.3) is 109 Å². The quantitative estimate of drug-likeness (QED) is 0.166. The highest BCUT2D eigenvalue weighted by atomic mass is 32.1. The molecule has 3 aromatic heterocycles. The topological polar surface area (TPSA) is 9.86 Å². The minimum absolute atomic E-state index is 1.16. The third-order valence-corrected chi connectivity index (χ3v) is 12.9. The van der Waals surface area contributed by atoms with Gasteiger partial charge in [0, 0.05) is 58.7 Å². The van der Waals surface area contributed by atoms with E-state index >= 15 is 0 Å². The lowest BCUT2D eigenvalue weighted by Crippen LogP contribution is -1.95. The van der Waals surface area contributed by atoms with Crippen LogP contribution in [0.15, 0.2) is 206 Å². The maximum Gasteiger partial charge on any atom is 0.0547 e. The summed E-state index contributed by atoms with van der Waals surface area (Å²) in [5.41, 5.74) is 14.5. The zero-order valence-corrected chi connectivity index (χ0v) is 31.7. The molecule has 0 N–H and O–H groups in total. The molecule has 0 radical (unpaired) electrons. The molecule has 9 aromatic carbocycles. The molecule has 266 valence electrons. The van der Waals surface area contributed by atoms with E-state index in [1.54, 1.807) is 0 Å². The Labute approximate surface area is 333 Å². The van der Waals surface area contributed by atoms with Crippen LogP contribution in [0.3, 0.4) is 0 Å². The smallest absolute Gasteiger partial charge is 0.0547 e. The van der Waals surface area contributed by atoms with Crippen LogP contribution in [0, 0.1) is 0 Å². The van der Waals surface area contributed by atoms with Crippen LogP contribution in [-0.2, 0) is 0 Å². The summed E-state index contributed by atoms with van der Waals surface area (Å²) in [4.78, 5) is 0. The van der Waals surface area contributed by atoms with E-state index in [4.69, 9.17) is 0 Å². The Balaban J connectivity index is 1.13. The number of aromatic nitrogens is 2. The average molecular weight is 743 g/mol. The van der Waals surface area contributed by atoms with Crippen LogP contribution < -0.4 is 0 Å². The molecule has 0 aliphatic rings. The molecule has 0 bridgehead atoms. The maximum absolute atomic E-state index is 2.50. The van der Waals surface area contributed by atoms with Crippen LogP contribution in [0.4, 0.5) is 0 Å². The summed E-state index contributed by atoms with van der Waals surface area (Å²) in [5.74, 6) is 0. The Kier molecular flexibility index (Phi) is 7.13. The summed E-state index contributed by atoms with van der Waals surface area (Å²) in [6.45, 7) is 0. The maximum atomic E-state index is 2.50. The van der Waals surface area contributed by atoms with Crippen molar-refractivity contribution in [1.29, 1.82) is 0 Å². The number of hydrogen-bond acceptors (Lipinski definition) is 1. The summed E-state index contributed by atoms with van der Waals surface area (Å²) >= 11 is 1.89. The van der Waals surface area contributed by atoms with Crippen molar-refractivity contribution in [1.82, 2.24) is 9.13 Å². The number of para-hydroxylation sites is 3. The molecule has 0 saturated carbocycles. The molecule has 57 heavy (non-hydrogen) atoms. The van der Waals surface area contributed by atoms with Crippen molar-refractivity contribution >= 4 is 75.1 Å². The largest absolute Gasteiger partial charge is 0.309 e. The monoisotopic (exact) mass is 742 g/mol. The molecule has 0 fully saturated rings. The molecule has 0 amide bonds. The molecule has 3 heteroatoms. The van der Waals surface area contributed by atoms with Gasteiger partial charge in [0.05, 0.1) is 22.1 Å². The fourth-order valence-corrected chi connectivity index (χ4v) is 10.5. The lowest BCUT2D eigenvalue weighted by atomic mass is 9.95. The van der Waals surface area contributed by atoms with E-state index in [9.17, 15) is 0 Å². The lowest BCUT2D eigenvalue weighted by Gasteiger charge is -2.13. The molecular weight excluding hydrogens is 709 g/mol. The van der Waals surface area contributed by atoms with Gasteiger partial charge in [-0.15, -0.1) is 11.3 Å². The van der Waals surface area contributed by atoms with Crippen molar-refractivity contribution < 1.29 is 0 Å². The zero-order chi connectivity index (χ0) is 37.5. The van der Waals surface area contributed by atoms with Gasteiger partial charge in [-0.1, -0.05) is 152 Å². The Morgan fingerprint density at radius 1 is 0.298 bits per heavy atom. The second kappa shape index (κ2) is 12.7. The molecule has 2 nitrogen and oxygen atoms in total. The highest BCUT2D eigenvalue weighted by molar-refractivity contribution is 7.26. The molecule has 0 spiro atoms. The number of rotatable bonds is 5. The van der Waals surface area contributed by atoms with Gasteiger partial charge in [0.15, 0.2) is 0 Å². The van der Waals surface area contributed by atoms with Gasteiger partial charge < -0.3 is 9.13 Å². The Morgan fingerprint density at radius 2 is 0.789 bits per heavy atom. The van der Waals surface area contributed by atoms with E-state index in [1.807, 2.05) is 11.3 Å². The standard InChI is InChI=1S/C54H34N2S/c1-3-15-35(16-4-1)36-29-31-37(32-30-36)45-33-39(34-46-40-19-9-12-28-51(40)57-54(45)46)56-48-25-11-8-21-44(48)53-42(23-14-27-50(53)56)41-22-13-26-49-52(41)43-20-7-10-24-47(43)55(49)38-17-5-2-6-18-38/h1-34H. The number of thiophene rings is 1. The number of hydrogen-bond donors (Lipinski definition) is 0. The zero-order valence-electron chi connectivity index (χ0n) is 30.9. The van der Waals surface area contributed by atoms with E-state index in [1.165, 1.54) is 97.2 Å². The first kappa shape index (κ1) is 32.1. The van der Waals surface area contributed by atoms with Crippen molar-refractivity contribution in [2.75, 3.05) is 0 Å². The molecular formula is C54H34N2S. The number of benzene rings is 9. The van der Waals surface area contributed by atoms with E-state index in [-0.39, 0.29) is 0 Å². The first-order valence-electron chi connectivity index (χ1n) is 19.5. The van der Waals surface area contributed by atoms with Crippen LogP contribution in [0.2, 0.25) is 0 Å². The van der Waals surface area contributed by atoms with Gasteiger partial charge in [0.1, 0.15) is 0 Å². The summed E-state index contributed by atoms with van der Waals surface area (Å²) in [7, 11) is 0. The molecule has 0 aliphatic carbocycles. The number of fused-ring (bicyclic) bond motifs is 9. The molecule has 12 aromatic rings. The van der Waals surface area contributed by atoms with E-state index in [0.29, 0.717) is 0 Å². The van der Waals surface area contributed by atoms with E-state index < -0.39 is 0 Å². The van der Waals surface area contributed by atoms with Crippen molar-refractivity contribution in [2.45, 2.75) is 0 Å². The Hall–Kier alpha value is -7.20. The minimum Gasteiger partial charge on any atom is -0.309 e. The van der Waals surface area contributed by atoms with Gasteiger partial charge in [0.2, 0.25) is 0 Å². The average Bonchev–Trinajstić information content (AvgIpc) is 3.95. The highest BCUT2D eigenvalue weighted by Crippen LogP contribution is 2.46. The second-order valence-corrected chi connectivity index (χ2v) is 15.9. The second-order valence-electron chi connectivity index (χ2n) is 14.9. The predicted octanol–water partition coefficient (Wildman–Crippen LogP) is 15.2. The predicted molar refractivity (Wildman–Crippen MR) is 244 cm³/mol. The normalized spacial score (nSPS) is 11.9. The summed E-state index contributed by atoms with van der Waals surface area (Å²) < 4.78 is 7.52. The third kappa shape index (κ3) is 4.89. The Bertz CT molecular complexity index is 3490. The fourth-order valence-electron chi connectivity index (χ4n) is 9.25. The van der Waals surface area contributed by atoms with E-state index in [2.05, 4.69) is 215 Å². The summed E-state index contributed by atoms with van der Waals surface area (Å²) in [5, 5.41) is 7.62. The first-order valence-corrected chi connectivity index (χ1v) is 20.3. The van der Waals surface area contributed by atoms with Crippen LogP contribution in [0.1, 0.15) is 0 Å². The van der Waals surface area contributed by atoms with Crippen molar-refractivity contribution in [3.8, 4) is 44.8 Å². The van der Waals surface area contributed by atoms with Crippen LogP contribution >= 0.6 is 11.3 Å². The lowest BCUT2D eigenvalue weighted by molar-refractivity contribution is 1.18. The van der Waals surface area contributed by atoms with Gasteiger partial charge in [-0.3, -0.25) is 0 Å². The summed E-state index contributed by atoms with van der Waals surface area (Å²) in [6.07, 6.45) is 0. The van der Waals surface area contributed by atoms with Crippen molar-refractivity contribution in [3.05, 3.63) is 206 Å². The van der Waals surface area contributed by atoms with Crippen molar-refractivity contribution in [3.63, 3.8) is 0 Å². The van der Waals surface area contributed by atoms with Gasteiger partial charge in [0.25, 0.3) is 0 Å². The summed E-state index contributed by atoms with van der Waals surface area (Å²) in [6, 6.07) is 75.6. The molecule has 0 atom stereocenters. The molecule has 3 heterocycles.